The Morgan fingerprint density at radius 1 is 0.750 bits per heavy atom. The molecule has 2 N–H and O–H groups in total. The third-order valence-corrected chi connectivity index (χ3v) is 4.40. The van der Waals surface area contributed by atoms with Gasteiger partial charge in [-0.3, -0.25) is 5.41 Å². The number of hydrogen-bond acceptors (Lipinski definition) is 2. The van der Waals surface area contributed by atoms with Crippen LogP contribution in [0, 0.1) is 5.41 Å². The van der Waals surface area contributed by atoms with Crippen LogP contribution in [-0.2, 0) is 0 Å². The second-order valence-corrected chi connectivity index (χ2v) is 6.21. The molecule has 0 bridgehead atoms. The molecule has 4 rings (SSSR count). The molecule has 2 nitrogen and oxygen atoms in total. The molecule has 0 heterocycles. The molecule has 1 fully saturated rings. The van der Waals surface area contributed by atoms with Crippen molar-refractivity contribution in [2.45, 2.75) is 31.8 Å². The summed E-state index contributed by atoms with van der Waals surface area (Å²) in [6.45, 7) is 0. The van der Waals surface area contributed by atoms with E-state index < -0.39 is 0 Å². The van der Waals surface area contributed by atoms with Gasteiger partial charge in [-0.15, -0.1) is 0 Å². The van der Waals surface area contributed by atoms with Crippen LogP contribution in [-0.4, -0.2) is 16.9 Å². The summed E-state index contributed by atoms with van der Waals surface area (Å²) in [5.41, 5.74) is 5.29. The van der Waals surface area contributed by atoms with E-state index in [0.717, 1.165) is 24.0 Å². The molecule has 0 aliphatic heterocycles. The van der Waals surface area contributed by atoms with E-state index >= 15 is 0 Å². The minimum absolute atomic E-state index is 0.0874. The van der Waals surface area contributed by atoms with Crippen LogP contribution in [0.3, 0.4) is 0 Å². The third kappa shape index (κ3) is 4.09. The van der Waals surface area contributed by atoms with Crippen molar-refractivity contribution in [1.82, 2.24) is 0 Å². The maximum Gasteiger partial charge on any atom is 0.0684 e. The minimum Gasteiger partial charge on any atom is -0.392 e. The number of rotatable bonds is 2. The Labute approximate surface area is 143 Å². The molecule has 2 heteroatoms. The van der Waals surface area contributed by atoms with E-state index in [0.29, 0.717) is 5.71 Å². The molecule has 2 aromatic carbocycles. The molecule has 1 saturated carbocycles. The second kappa shape index (κ2) is 7.89. The number of allylic oxidation sites excluding steroid dienone is 2. The molecule has 0 unspecified atom stereocenters. The molecule has 0 radical (unpaired) electrons. The number of fused-ring (bicyclic) bond motifs is 1. The van der Waals surface area contributed by atoms with Crippen molar-refractivity contribution in [3.63, 3.8) is 0 Å². The quantitative estimate of drug-likeness (QED) is 0.761. The van der Waals surface area contributed by atoms with Gasteiger partial charge in [-0.2, -0.15) is 0 Å². The molecular formula is C22H23NO. The Hall–Kier alpha value is -2.45. The van der Waals surface area contributed by atoms with Gasteiger partial charge >= 0.3 is 0 Å². The number of nitrogens with one attached hydrogen (secondary N) is 1. The molecule has 122 valence electrons. The first-order valence-corrected chi connectivity index (χ1v) is 8.50. The predicted molar refractivity (Wildman–Crippen MR) is 99.5 cm³/mol. The summed E-state index contributed by atoms with van der Waals surface area (Å²) in [6, 6.07) is 19.5. The van der Waals surface area contributed by atoms with Gasteiger partial charge in [0.05, 0.1) is 11.8 Å². The normalized spacial score (nSPS) is 16.4. The third-order valence-electron chi connectivity index (χ3n) is 4.40. The van der Waals surface area contributed by atoms with Gasteiger partial charge in [0.15, 0.2) is 0 Å². The number of benzene rings is 2. The second-order valence-electron chi connectivity index (χ2n) is 6.21. The van der Waals surface area contributed by atoms with Gasteiger partial charge in [-0.05, 0) is 48.0 Å². The zero-order valence-electron chi connectivity index (χ0n) is 13.8. The fourth-order valence-electron chi connectivity index (χ4n) is 3.16. The van der Waals surface area contributed by atoms with Gasteiger partial charge in [0.25, 0.3) is 0 Å². The number of hydrogen-bond donors (Lipinski definition) is 2. The fraction of sp³-hybridized carbons (Fsp3) is 0.227. The Balaban J connectivity index is 0.000000149. The van der Waals surface area contributed by atoms with Gasteiger partial charge in [-0.25, -0.2) is 0 Å². The van der Waals surface area contributed by atoms with Crippen molar-refractivity contribution in [2.75, 3.05) is 0 Å². The van der Waals surface area contributed by atoms with Crippen LogP contribution >= 0.6 is 0 Å². The maximum absolute atomic E-state index is 9.28. The largest absolute Gasteiger partial charge is 0.392 e. The molecule has 0 amide bonds. The first kappa shape index (κ1) is 16.4. The molecule has 24 heavy (non-hydrogen) atoms. The lowest BCUT2D eigenvalue weighted by atomic mass is 10.0. The van der Waals surface area contributed by atoms with Crippen LogP contribution < -0.4 is 0 Å². The van der Waals surface area contributed by atoms with E-state index in [1.165, 1.54) is 24.0 Å². The van der Waals surface area contributed by atoms with Crippen molar-refractivity contribution in [2.24, 2.45) is 0 Å². The highest BCUT2D eigenvalue weighted by Gasteiger charge is 2.22. The maximum atomic E-state index is 9.28. The van der Waals surface area contributed by atoms with Crippen LogP contribution in [0.2, 0.25) is 0 Å². The predicted octanol–water partition coefficient (Wildman–Crippen LogP) is 4.89. The summed E-state index contributed by atoms with van der Waals surface area (Å²) in [5, 5.41) is 17.2. The Bertz CT molecular complexity index is 681. The van der Waals surface area contributed by atoms with Crippen LogP contribution in [0.5, 0.6) is 0 Å². The van der Waals surface area contributed by atoms with Crippen molar-refractivity contribution in [1.29, 1.82) is 5.41 Å². The summed E-state index contributed by atoms with van der Waals surface area (Å²) in [7, 11) is 0. The van der Waals surface area contributed by atoms with E-state index in [4.69, 9.17) is 5.41 Å². The highest BCUT2D eigenvalue weighted by molar-refractivity contribution is 6.10. The first-order valence-electron chi connectivity index (χ1n) is 8.50. The lowest BCUT2D eigenvalue weighted by molar-refractivity contribution is 0.190. The van der Waals surface area contributed by atoms with E-state index in [2.05, 4.69) is 12.2 Å². The number of aliphatic hydroxyl groups excluding tert-OH is 1. The lowest BCUT2D eigenvalue weighted by Crippen LogP contribution is -1.99. The molecule has 0 atom stereocenters. The number of aliphatic hydroxyl groups is 1. The van der Waals surface area contributed by atoms with Crippen LogP contribution in [0.1, 0.15) is 36.8 Å². The van der Waals surface area contributed by atoms with E-state index in [1.807, 2.05) is 60.7 Å². The highest BCUT2D eigenvalue weighted by atomic mass is 16.3. The molecule has 0 spiro atoms. The molecule has 2 aromatic rings. The van der Waals surface area contributed by atoms with Crippen molar-refractivity contribution in [3.05, 3.63) is 95.1 Å². The SMILES string of the molecule is N=C(c1ccccc1)c1ccccc1.OC1CC2=CCCC=C2C1. The zero-order valence-corrected chi connectivity index (χ0v) is 13.8. The Morgan fingerprint density at radius 2 is 1.17 bits per heavy atom. The Kier molecular flexibility index (Phi) is 5.39. The topological polar surface area (TPSA) is 44.1 Å². The summed E-state index contributed by atoms with van der Waals surface area (Å²) >= 11 is 0. The van der Waals surface area contributed by atoms with E-state index in [1.54, 1.807) is 0 Å². The van der Waals surface area contributed by atoms with Crippen molar-refractivity contribution < 1.29 is 5.11 Å². The molecular weight excluding hydrogens is 294 g/mol. The van der Waals surface area contributed by atoms with Crippen molar-refractivity contribution in [3.8, 4) is 0 Å². The zero-order chi connectivity index (χ0) is 16.8. The van der Waals surface area contributed by atoms with Gasteiger partial charge in [0.2, 0.25) is 0 Å². The average Bonchev–Trinajstić information content (AvgIpc) is 3.03. The molecule has 0 saturated heterocycles. The summed E-state index contributed by atoms with van der Waals surface area (Å²) < 4.78 is 0. The first-order chi connectivity index (χ1) is 11.7. The van der Waals surface area contributed by atoms with Gasteiger partial charge < -0.3 is 5.11 Å². The van der Waals surface area contributed by atoms with Crippen molar-refractivity contribution >= 4 is 5.71 Å². The fourth-order valence-corrected chi connectivity index (χ4v) is 3.16. The summed E-state index contributed by atoms with van der Waals surface area (Å²) in [5.74, 6) is 0. The van der Waals surface area contributed by atoms with Gasteiger partial charge in [-0.1, -0.05) is 72.8 Å². The van der Waals surface area contributed by atoms with Crippen LogP contribution in [0.15, 0.2) is 84.0 Å². The molecule has 0 aromatic heterocycles. The van der Waals surface area contributed by atoms with Crippen LogP contribution in [0.25, 0.3) is 0 Å². The van der Waals surface area contributed by atoms with Crippen LogP contribution in [0.4, 0.5) is 0 Å². The van der Waals surface area contributed by atoms with Gasteiger partial charge in [0.1, 0.15) is 0 Å². The average molecular weight is 317 g/mol. The molecule has 2 aliphatic carbocycles. The lowest BCUT2D eigenvalue weighted by Gasteiger charge is -2.04. The summed E-state index contributed by atoms with van der Waals surface area (Å²) in [6.07, 6.45) is 8.59. The summed E-state index contributed by atoms with van der Waals surface area (Å²) in [4.78, 5) is 0. The minimum atomic E-state index is -0.0874. The smallest absolute Gasteiger partial charge is 0.0684 e. The van der Waals surface area contributed by atoms with E-state index in [-0.39, 0.29) is 6.10 Å². The van der Waals surface area contributed by atoms with Gasteiger partial charge in [0, 0.05) is 0 Å². The molecule has 2 aliphatic rings. The Morgan fingerprint density at radius 3 is 1.58 bits per heavy atom. The standard InChI is InChI=1S/C13H11N.C9H12O/c14-13(11-7-3-1-4-8-11)12-9-5-2-6-10-12;10-9-5-7-3-1-2-4-8(7)6-9/h1-10,14H;3-4,9-10H,1-2,5-6H2. The monoisotopic (exact) mass is 317 g/mol. The highest BCUT2D eigenvalue weighted by Crippen LogP contribution is 2.33. The van der Waals surface area contributed by atoms with E-state index in [9.17, 15) is 5.11 Å².